The van der Waals surface area contributed by atoms with E-state index < -0.39 is 5.60 Å². The Hall–Kier alpha value is -1.35. The molecule has 0 aliphatic heterocycles. The first-order valence-electron chi connectivity index (χ1n) is 7.93. The molecule has 3 nitrogen and oxygen atoms in total. The lowest BCUT2D eigenvalue weighted by molar-refractivity contribution is -0.0145. The molecule has 1 aliphatic carbocycles. The number of hydrogen-bond donors (Lipinski definition) is 2. The van der Waals surface area contributed by atoms with Crippen molar-refractivity contribution in [1.29, 1.82) is 0 Å². The van der Waals surface area contributed by atoms with Gasteiger partial charge in [-0.3, -0.25) is 4.79 Å². The van der Waals surface area contributed by atoms with E-state index >= 15 is 0 Å². The number of carbonyl (C=O) groups is 1. The van der Waals surface area contributed by atoms with E-state index in [2.05, 4.69) is 19.2 Å². The van der Waals surface area contributed by atoms with Gasteiger partial charge in [-0.15, -0.1) is 0 Å². The molecule has 116 valence electrons. The fourth-order valence-electron chi connectivity index (χ4n) is 2.81. The average Bonchev–Trinajstić information content (AvgIpc) is 2.49. The highest BCUT2D eigenvalue weighted by molar-refractivity contribution is 5.96. The Labute approximate surface area is 127 Å². The number of nitrogens with one attached hydrogen (secondary N) is 1. The van der Waals surface area contributed by atoms with E-state index in [9.17, 15) is 9.90 Å². The number of benzene rings is 1. The van der Waals surface area contributed by atoms with Crippen LogP contribution in [0.15, 0.2) is 24.3 Å². The predicted molar refractivity (Wildman–Crippen MR) is 86.8 cm³/mol. The summed E-state index contributed by atoms with van der Waals surface area (Å²) in [6, 6.07) is 7.53. The number of hydrogen-bond acceptors (Lipinski definition) is 3. The van der Waals surface area contributed by atoms with Crippen LogP contribution < -0.4 is 5.32 Å². The third-order valence-electron chi connectivity index (χ3n) is 4.68. The second-order valence-electron chi connectivity index (χ2n) is 7.10. The van der Waals surface area contributed by atoms with Crippen LogP contribution in [-0.4, -0.2) is 23.0 Å². The van der Waals surface area contributed by atoms with Gasteiger partial charge in [0.05, 0.1) is 5.60 Å². The number of aliphatic hydroxyl groups is 1. The highest BCUT2D eigenvalue weighted by Gasteiger charge is 2.36. The topological polar surface area (TPSA) is 49.3 Å². The summed E-state index contributed by atoms with van der Waals surface area (Å²) >= 11 is 0. The molecular weight excluding hydrogens is 262 g/mol. The van der Waals surface area contributed by atoms with E-state index in [1.165, 1.54) is 0 Å². The van der Waals surface area contributed by atoms with Crippen molar-refractivity contribution >= 4 is 11.5 Å². The quantitative estimate of drug-likeness (QED) is 0.805. The number of Topliss-reactive ketones (excluding diaryl/α,β-unsaturated/α-hetero) is 1. The van der Waals surface area contributed by atoms with Crippen molar-refractivity contribution in [1.82, 2.24) is 0 Å². The molecule has 0 spiro atoms. The van der Waals surface area contributed by atoms with Crippen LogP contribution in [0.5, 0.6) is 0 Å². The van der Waals surface area contributed by atoms with Crippen molar-refractivity contribution in [2.75, 3.05) is 11.9 Å². The molecule has 0 amide bonds. The lowest BCUT2D eigenvalue weighted by Gasteiger charge is -2.40. The second-order valence-corrected chi connectivity index (χ2v) is 7.10. The Kier molecular flexibility index (Phi) is 4.72. The molecule has 21 heavy (non-hydrogen) atoms. The molecule has 0 heterocycles. The van der Waals surface area contributed by atoms with Crippen LogP contribution in [0.3, 0.4) is 0 Å². The Morgan fingerprint density at radius 2 is 1.71 bits per heavy atom. The average molecular weight is 289 g/mol. The largest absolute Gasteiger partial charge is 0.388 e. The Morgan fingerprint density at radius 3 is 2.24 bits per heavy atom. The van der Waals surface area contributed by atoms with E-state index in [0.717, 1.165) is 36.9 Å². The molecule has 1 aromatic rings. The fraction of sp³-hybridized carbons (Fsp3) is 0.611. The summed E-state index contributed by atoms with van der Waals surface area (Å²) in [6.07, 6.45) is 4.35. The Balaban J connectivity index is 1.90. The maximum atomic E-state index is 11.6. The van der Waals surface area contributed by atoms with Crippen molar-refractivity contribution in [3.05, 3.63) is 29.8 Å². The van der Waals surface area contributed by atoms with Gasteiger partial charge >= 0.3 is 0 Å². The lowest BCUT2D eigenvalue weighted by atomic mass is 9.71. The minimum atomic E-state index is -0.604. The van der Waals surface area contributed by atoms with Crippen LogP contribution in [0.1, 0.15) is 63.2 Å². The monoisotopic (exact) mass is 289 g/mol. The zero-order valence-corrected chi connectivity index (χ0v) is 13.4. The van der Waals surface area contributed by atoms with Crippen LogP contribution in [0, 0.1) is 5.41 Å². The molecule has 0 saturated heterocycles. The zero-order valence-electron chi connectivity index (χ0n) is 13.4. The highest BCUT2D eigenvalue weighted by atomic mass is 16.3. The highest BCUT2D eigenvalue weighted by Crippen LogP contribution is 2.40. The van der Waals surface area contributed by atoms with Gasteiger partial charge in [-0.25, -0.2) is 0 Å². The third kappa shape index (κ3) is 4.31. The minimum absolute atomic E-state index is 0.162. The standard InChI is InChI=1S/C18H27NO2/c1-4-16(20)14-5-7-15(8-6-14)19-13-18(21)11-9-17(2,3)10-12-18/h5-8,19,21H,4,9-13H2,1-3H3. The molecule has 3 heteroatoms. The molecule has 1 aliphatic rings. The van der Waals surface area contributed by atoms with E-state index in [0.29, 0.717) is 18.4 Å². The van der Waals surface area contributed by atoms with Gasteiger partial charge in [0, 0.05) is 24.2 Å². The first kappa shape index (κ1) is 16.0. The molecule has 1 saturated carbocycles. The molecule has 0 atom stereocenters. The molecule has 2 rings (SSSR count). The Bertz CT molecular complexity index is 480. The summed E-state index contributed by atoms with van der Waals surface area (Å²) < 4.78 is 0. The zero-order chi connectivity index (χ0) is 15.5. The predicted octanol–water partition coefficient (Wildman–Crippen LogP) is 4.02. The van der Waals surface area contributed by atoms with Crippen LogP contribution >= 0.6 is 0 Å². The van der Waals surface area contributed by atoms with Gasteiger partial charge in [-0.2, -0.15) is 0 Å². The minimum Gasteiger partial charge on any atom is -0.388 e. The van der Waals surface area contributed by atoms with E-state index in [1.807, 2.05) is 31.2 Å². The van der Waals surface area contributed by atoms with Crippen molar-refractivity contribution < 1.29 is 9.90 Å². The number of rotatable bonds is 5. The molecular formula is C18H27NO2. The SMILES string of the molecule is CCC(=O)c1ccc(NCC2(O)CCC(C)(C)CC2)cc1. The molecule has 0 unspecified atom stereocenters. The van der Waals surface area contributed by atoms with Gasteiger partial charge in [-0.1, -0.05) is 20.8 Å². The van der Waals surface area contributed by atoms with E-state index in [4.69, 9.17) is 0 Å². The van der Waals surface area contributed by atoms with Gasteiger partial charge < -0.3 is 10.4 Å². The number of anilines is 1. The summed E-state index contributed by atoms with van der Waals surface area (Å²) in [4.78, 5) is 11.6. The van der Waals surface area contributed by atoms with Crippen molar-refractivity contribution in [2.24, 2.45) is 5.41 Å². The lowest BCUT2D eigenvalue weighted by Crippen LogP contribution is -2.42. The normalized spacial score (nSPS) is 20.0. The molecule has 2 N–H and O–H groups in total. The molecule has 0 bridgehead atoms. The van der Waals surface area contributed by atoms with Crippen molar-refractivity contribution in [2.45, 2.75) is 58.5 Å². The summed E-state index contributed by atoms with van der Waals surface area (Å²) in [5, 5.41) is 13.9. The summed E-state index contributed by atoms with van der Waals surface area (Å²) in [5.41, 5.74) is 1.46. The molecule has 0 radical (unpaired) electrons. The maximum Gasteiger partial charge on any atom is 0.162 e. The molecule has 1 fully saturated rings. The molecule has 0 aromatic heterocycles. The Morgan fingerprint density at radius 1 is 1.14 bits per heavy atom. The van der Waals surface area contributed by atoms with Crippen molar-refractivity contribution in [3.8, 4) is 0 Å². The third-order valence-corrected chi connectivity index (χ3v) is 4.68. The van der Waals surface area contributed by atoms with Crippen LogP contribution in [0.25, 0.3) is 0 Å². The summed E-state index contributed by atoms with van der Waals surface area (Å²) in [5.74, 6) is 0.162. The summed E-state index contributed by atoms with van der Waals surface area (Å²) in [7, 11) is 0. The number of carbonyl (C=O) groups excluding carboxylic acids is 1. The van der Waals surface area contributed by atoms with Crippen molar-refractivity contribution in [3.63, 3.8) is 0 Å². The fourth-order valence-corrected chi connectivity index (χ4v) is 2.81. The van der Waals surface area contributed by atoms with Gasteiger partial charge in [0.25, 0.3) is 0 Å². The second kappa shape index (κ2) is 6.18. The smallest absolute Gasteiger partial charge is 0.162 e. The van der Waals surface area contributed by atoms with Gasteiger partial charge in [0.15, 0.2) is 5.78 Å². The molecule has 1 aromatic carbocycles. The summed E-state index contributed by atoms with van der Waals surface area (Å²) in [6.45, 7) is 6.98. The van der Waals surface area contributed by atoms with Gasteiger partial charge in [0.2, 0.25) is 0 Å². The number of ketones is 1. The van der Waals surface area contributed by atoms with Gasteiger partial charge in [0.1, 0.15) is 0 Å². The van der Waals surface area contributed by atoms with E-state index in [1.54, 1.807) is 0 Å². The van der Waals surface area contributed by atoms with E-state index in [-0.39, 0.29) is 5.78 Å². The maximum absolute atomic E-state index is 11.6. The van der Waals surface area contributed by atoms with Crippen LogP contribution in [0.4, 0.5) is 5.69 Å². The van der Waals surface area contributed by atoms with Crippen LogP contribution in [0.2, 0.25) is 0 Å². The first-order valence-corrected chi connectivity index (χ1v) is 7.93. The van der Waals surface area contributed by atoms with Crippen LogP contribution in [-0.2, 0) is 0 Å². The van der Waals surface area contributed by atoms with Gasteiger partial charge in [-0.05, 0) is 55.4 Å². The first-order chi connectivity index (χ1) is 9.84.